The van der Waals surface area contributed by atoms with Crippen LogP contribution in [-0.4, -0.2) is 36.2 Å². The Labute approximate surface area is 114 Å². The van der Waals surface area contributed by atoms with E-state index in [1.807, 2.05) is 30.3 Å². The molecule has 1 aliphatic carbocycles. The number of benzene rings is 1. The fraction of sp³-hybridized carbons (Fsp3) is 0.533. The average Bonchev–Trinajstić information content (AvgIpc) is 3.22. The topological polar surface area (TPSA) is 61.4 Å². The van der Waals surface area contributed by atoms with E-state index in [0.29, 0.717) is 19.0 Å². The lowest BCUT2D eigenvalue weighted by Crippen LogP contribution is -2.37. The molecule has 1 fully saturated rings. The van der Waals surface area contributed by atoms with Crippen LogP contribution in [0.5, 0.6) is 0 Å². The van der Waals surface area contributed by atoms with E-state index in [0.717, 1.165) is 19.3 Å². The smallest absolute Gasteiger partial charge is 0.221 e. The maximum Gasteiger partial charge on any atom is 0.221 e. The summed E-state index contributed by atoms with van der Waals surface area (Å²) in [6.07, 6.45) is 3.49. The highest BCUT2D eigenvalue weighted by Crippen LogP contribution is 2.18. The van der Waals surface area contributed by atoms with Gasteiger partial charge in [0.15, 0.2) is 0 Å². The van der Waals surface area contributed by atoms with E-state index in [2.05, 4.69) is 10.6 Å². The van der Waals surface area contributed by atoms with Gasteiger partial charge in [-0.1, -0.05) is 30.3 Å². The van der Waals surface area contributed by atoms with E-state index in [4.69, 9.17) is 0 Å². The van der Waals surface area contributed by atoms with Crippen LogP contribution in [0.15, 0.2) is 30.3 Å². The number of hydrogen-bond acceptors (Lipinski definition) is 3. The summed E-state index contributed by atoms with van der Waals surface area (Å²) in [4.78, 5) is 11.5. The van der Waals surface area contributed by atoms with E-state index in [1.165, 1.54) is 5.56 Å². The fourth-order valence-corrected chi connectivity index (χ4v) is 2.02. The molecule has 1 unspecified atom stereocenters. The van der Waals surface area contributed by atoms with Crippen molar-refractivity contribution >= 4 is 5.91 Å². The van der Waals surface area contributed by atoms with Crippen molar-refractivity contribution in [1.82, 2.24) is 10.6 Å². The molecule has 1 aromatic carbocycles. The van der Waals surface area contributed by atoms with Crippen molar-refractivity contribution < 1.29 is 9.90 Å². The van der Waals surface area contributed by atoms with Gasteiger partial charge >= 0.3 is 0 Å². The molecule has 2 rings (SSSR count). The fourth-order valence-electron chi connectivity index (χ4n) is 2.02. The lowest BCUT2D eigenvalue weighted by molar-refractivity contribution is -0.121. The number of rotatable bonds is 8. The molecule has 19 heavy (non-hydrogen) atoms. The maximum atomic E-state index is 11.5. The molecule has 4 nitrogen and oxygen atoms in total. The van der Waals surface area contributed by atoms with Gasteiger partial charge in [0.25, 0.3) is 0 Å². The molecule has 0 bridgehead atoms. The monoisotopic (exact) mass is 262 g/mol. The minimum atomic E-state index is 0.0103. The van der Waals surface area contributed by atoms with Gasteiger partial charge in [-0.15, -0.1) is 0 Å². The molecule has 104 valence electrons. The summed E-state index contributed by atoms with van der Waals surface area (Å²) >= 11 is 0. The van der Waals surface area contributed by atoms with Gasteiger partial charge in [-0.05, 0) is 24.8 Å². The number of aliphatic hydroxyl groups excluding tert-OH is 1. The van der Waals surface area contributed by atoms with Crippen molar-refractivity contribution in [2.75, 3.05) is 13.2 Å². The number of hydrogen-bond donors (Lipinski definition) is 3. The molecule has 1 aromatic rings. The quantitative estimate of drug-likeness (QED) is 0.651. The molecule has 0 spiro atoms. The van der Waals surface area contributed by atoms with E-state index in [-0.39, 0.29) is 18.6 Å². The molecule has 0 aliphatic heterocycles. The predicted molar refractivity (Wildman–Crippen MR) is 74.8 cm³/mol. The lowest BCUT2D eigenvalue weighted by Gasteiger charge is -2.16. The lowest BCUT2D eigenvalue weighted by atomic mass is 10.1. The first-order chi connectivity index (χ1) is 9.28. The average molecular weight is 262 g/mol. The molecule has 1 amide bonds. The second kappa shape index (κ2) is 7.26. The summed E-state index contributed by atoms with van der Waals surface area (Å²) in [7, 11) is 0. The van der Waals surface area contributed by atoms with Crippen molar-refractivity contribution in [1.29, 1.82) is 0 Å². The highest BCUT2D eigenvalue weighted by atomic mass is 16.3. The Morgan fingerprint density at radius 1 is 1.32 bits per heavy atom. The van der Waals surface area contributed by atoms with Crippen molar-refractivity contribution in [2.45, 2.75) is 37.8 Å². The van der Waals surface area contributed by atoms with Crippen LogP contribution in [0.25, 0.3) is 0 Å². The van der Waals surface area contributed by atoms with Gasteiger partial charge in [0.2, 0.25) is 5.91 Å². The third-order valence-electron chi connectivity index (χ3n) is 3.27. The largest absolute Gasteiger partial charge is 0.395 e. The van der Waals surface area contributed by atoms with Gasteiger partial charge in [-0.2, -0.15) is 0 Å². The van der Waals surface area contributed by atoms with E-state index < -0.39 is 0 Å². The van der Waals surface area contributed by atoms with E-state index in [9.17, 15) is 9.90 Å². The number of carbonyl (C=O) groups excluding carboxylic acids is 1. The highest BCUT2D eigenvalue weighted by molar-refractivity contribution is 5.76. The molecule has 1 saturated carbocycles. The summed E-state index contributed by atoms with van der Waals surface area (Å²) in [6, 6.07) is 10.5. The van der Waals surface area contributed by atoms with Crippen LogP contribution < -0.4 is 10.6 Å². The van der Waals surface area contributed by atoms with Crippen LogP contribution in [0, 0.1) is 0 Å². The Kier molecular flexibility index (Phi) is 5.36. The first-order valence-corrected chi connectivity index (χ1v) is 6.95. The van der Waals surface area contributed by atoms with Crippen LogP contribution in [0.3, 0.4) is 0 Å². The number of amides is 1. The van der Waals surface area contributed by atoms with Crippen LogP contribution >= 0.6 is 0 Å². The Bertz CT molecular complexity index is 390. The number of nitrogens with one attached hydrogen (secondary N) is 2. The minimum Gasteiger partial charge on any atom is -0.395 e. The molecule has 3 N–H and O–H groups in total. The van der Waals surface area contributed by atoms with Gasteiger partial charge in [-0.3, -0.25) is 4.79 Å². The summed E-state index contributed by atoms with van der Waals surface area (Å²) < 4.78 is 0. The molecule has 1 atom stereocenters. The summed E-state index contributed by atoms with van der Waals surface area (Å²) in [5.41, 5.74) is 1.19. The first kappa shape index (κ1) is 14.0. The second-order valence-corrected chi connectivity index (χ2v) is 5.12. The maximum absolute atomic E-state index is 11.5. The standard InChI is InChI=1S/C15H22N2O2/c18-11-14(10-12-4-2-1-3-5-12)16-9-8-15(19)17-13-6-7-13/h1-5,13-14,16,18H,6-11H2,(H,17,19). The number of carbonyl (C=O) groups is 1. The highest BCUT2D eigenvalue weighted by Gasteiger charge is 2.22. The van der Waals surface area contributed by atoms with Crippen molar-refractivity contribution in [3.63, 3.8) is 0 Å². The van der Waals surface area contributed by atoms with Gasteiger partial charge in [0, 0.05) is 25.0 Å². The van der Waals surface area contributed by atoms with Crippen LogP contribution in [0.4, 0.5) is 0 Å². The third kappa shape index (κ3) is 5.41. The second-order valence-electron chi connectivity index (χ2n) is 5.12. The zero-order chi connectivity index (χ0) is 13.5. The van der Waals surface area contributed by atoms with Crippen molar-refractivity contribution in [3.05, 3.63) is 35.9 Å². The predicted octanol–water partition coefficient (Wildman–Crippen LogP) is 0.848. The van der Waals surface area contributed by atoms with Gasteiger partial charge < -0.3 is 15.7 Å². The van der Waals surface area contributed by atoms with Crippen LogP contribution in [0.2, 0.25) is 0 Å². The van der Waals surface area contributed by atoms with Crippen molar-refractivity contribution in [3.8, 4) is 0 Å². The Morgan fingerprint density at radius 2 is 2.05 bits per heavy atom. The molecular formula is C15H22N2O2. The molecule has 0 radical (unpaired) electrons. The Hall–Kier alpha value is -1.39. The van der Waals surface area contributed by atoms with Gasteiger partial charge in [0.1, 0.15) is 0 Å². The minimum absolute atomic E-state index is 0.0103. The van der Waals surface area contributed by atoms with Crippen LogP contribution in [-0.2, 0) is 11.2 Å². The normalized spacial score (nSPS) is 16.1. The summed E-state index contributed by atoms with van der Waals surface area (Å²) in [5.74, 6) is 0.103. The first-order valence-electron chi connectivity index (χ1n) is 6.95. The molecule has 4 heteroatoms. The molecular weight excluding hydrogens is 240 g/mol. The number of aliphatic hydroxyl groups is 1. The van der Waals surface area contributed by atoms with Crippen LogP contribution in [0.1, 0.15) is 24.8 Å². The van der Waals surface area contributed by atoms with Crippen molar-refractivity contribution in [2.24, 2.45) is 0 Å². The van der Waals surface area contributed by atoms with E-state index >= 15 is 0 Å². The SMILES string of the molecule is O=C(CCNC(CO)Cc1ccccc1)NC1CC1. The molecule has 1 aliphatic rings. The molecule has 0 aromatic heterocycles. The Morgan fingerprint density at radius 3 is 2.68 bits per heavy atom. The molecule has 0 heterocycles. The molecule has 0 saturated heterocycles. The summed E-state index contributed by atoms with van der Waals surface area (Å²) in [5, 5.41) is 15.5. The zero-order valence-corrected chi connectivity index (χ0v) is 11.1. The van der Waals surface area contributed by atoms with Gasteiger partial charge in [0.05, 0.1) is 6.61 Å². The van der Waals surface area contributed by atoms with E-state index in [1.54, 1.807) is 0 Å². The third-order valence-corrected chi connectivity index (χ3v) is 3.27. The van der Waals surface area contributed by atoms with Gasteiger partial charge in [-0.25, -0.2) is 0 Å². The zero-order valence-electron chi connectivity index (χ0n) is 11.1. The summed E-state index contributed by atoms with van der Waals surface area (Å²) in [6.45, 7) is 0.690. The Balaban J connectivity index is 1.65.